The normalized spacial score (nSPS) is 19.2. The lowest BCUT2D eigenvalue weighted by Crippen LogP contribution is -2.42. The van der Waals surface area contributed by atoms with E-state index in [4.69, 9.17) is 28.0 Å². The molecule has 0 N–H and O–H groups in total. The van der Waals surface area contributed by atoms with E-state index >= 15 is 0 Å². The van der Waals surface area contributed by atoms with Crippen molar-refractivity contribution >= 4 is 44.5 Å². The highest BCUT2D eigenvalue weighted by Gasteiger charge is 2.62. The Kier molecular flexibility index (Phi) is 8.23. The summed E-state index contributed by atoms with van der Waals surface area (Å²) in [5, 5.41) is 11.9. The van der Waals surface area contributed by atoms with Gasteiger partial charge in [0.1, 0.15) is 4.75 Å². The van der Waals surface area contributed by atoms with Crippen molar-refractivity contribution in [2.45, 2.75) is 57.1 Å². The summed E-state index contributed by atoms with van der Waals surface area (Å²) >= 11 is 11.5. The van der Waals surface area contributed by atoms with Gasteiger partial charge in [0.2, 0.25) is 0 Å². The predicted molar refractivity (Wildman–Crippen MR) is 137 cm³/mol. The van der Waals surface area contributed by atoms with Crippen molar-refractivity contribution in [2.24, 2.45) is 9.52 Å². The second-order valence-electron chi connectivity index (χ2n) is 9.28. The van der Waals surface area contributed by atoms with Crippen LogP contribution in [0.25, 0.3) is 0 Å². The highest BCUT2D eigenvalue weighted by Crippen LogP contribution is 2.50. The summed E-state index contributed by atoms with van der Waals surface area (Å²) in [7, 11) is -3.23. The molecule has 1 aliphatic heterocycles. The fraction of sp³-hybridized carbons (Fsp3) is 0.400. The molecule has 1 amide bonds. The molecular formula is C25H23Cl2F4N3O3S. The average molecular weight is 592 g/mol. The smallest absolute Gasteiger partial charge is 0.374 e. The number of benzene rings is 2. The van der Waals surface area contributed by atoms with Crippen LogP contribution in [0, 0.1) is 24.1 Å². The minimum atomic E-state index is -4.97. The van der Waals surface area contributed by atoms with Crippen LogP contribution in [0.3, 0.4) is 0 Å². The van der Waals surface area contributed by atoms with Crippen LogP contribution in [0.2, 0.25) is 10.0 Å². The van der Waals surface area contributed by atoms with Gasteiger partial charge in [0, 0.05) is 23.3 Å². The number of oxime groups is 1. The van der Waals surface area contributed by atoms with E-state index in [1.807, 2.05) is 6.07 Å². The maximum Gasteiger partial charge on any atom is 0.435 e. The van der Waals surface area contributed by atoms with Gasteiger partial charge in [0.05, 0.1) is 31.6 Å². The lowest BCUT2D eigenvalue weighted by Gasteiger charge is -2.29. The van der Waals surface area contributed by atoms with Crippen molar-refractivity contribution in [2.75, 3.05) is 5.75 Å². The SMILES string of the molecule is CCCS(=O)(=NC(=O)c1ccc(C2=NOC(c3cc(Cl)c(F)c(Cl)c3)(C(F)(F)F)C2)cc1C)C(C)(C)C#N. The van der Waals surface area contributed by atoms with Crippen molar-refractivity contribution in [3.63, 3.8) is 0 Å². The van der Waals surface area contributed by atoms with Crippen LogP contribution in [-0.2, 0) is 20.2 Å². The van der Waals surface area contributed by atoms with Gasteiger partial charge in [-0.3, -0.25) is 4.79 Å². The Hall–Kier alpha value is -2.68. The number of carbonyl (C=O) groups excluding carboxylic acids is 1. The highest BCUT2D eigenvalue weighted by molar-refractivity contribution is 7.95. The van der Waals surface area contributed by atoms with E-state index in [9.17, 15) is 31.8 Å². The van der Waals surface area contributed by atoms with E-state index in [1.54, 1.807) is 6.92 Å². The van der Waals surface area contributed by atoms with Crippen LogP contribution in [0.4, 0.5) is 17.6 Å². The summed E-state index contributed by atoms with van der Waals surface area (Å²) in [6, 6.07) is 7.66. The zero-order chi connectivity index (χ0) is 28.7. The van der Waals surface area contributed by atoms with Crippen molar-refractivity contribution in [3.05, 3.63) is 68.4 Å². The quantitative estimate of drug-likeness (QED) is 0.259. The molecular weight excluding hydrogens is 569 g/mol. The summed E-state index contributed by atoms with van der Waals surface area (Å²) in [6.07, 6.45) is -5.31. The van der Waals surface area contributed by atoms with Gasteiger partial charge in [-0.05, 0) is 62.6 Å². The Bertz CT molecular complexity index is 1470. The molecule has 204 valence electrons. The number of halogens is 6. The van der Waals surface area contributed by atoms with Gasteiger partial charge in [0.25, 0.3) is 11.5 Å². The molecule has 0 bridgehead atoms. The number of hydrogen-bond acceptors (Lipinski definition) is 5. The van der Waals surface area contributed by atoms with E-state index in [0.717, 1.165) is 12.1 Å². The largest absolute Gasteiger partial charge is 0.435 e. The van der Waals surface area contributed by atoms with E-state index in [0.29, 0.717) is 12.0 Å². The molecule has 0 radical (unpaired) electrons. The number of nitrogens with zero attached hydrogens (tertiary/aromatic N) is 3. The van der Waals surface area contributed by atoms with Crippen molar-refractivity contribution in [1.82, 2.24) is 0 Å². The number of aryl methyl sites for hydroxylation is 1. The molecule has 0 saturated carbocycles. The topological polar surface area (TPSA) is 91.9 Å². The van der Waals surface area contributed by atoms with Gasteiger partial charge < -0.3 is 4.84 Å². The Balaban J connectivity index is 1.99. The predicted octanol–water partition coefficient (Wildman–Crippen LogP) is 7.34. The lowest BCUT2D eigenvalue weighted by molar-refractivity contribution is -0.275. The first-order valence-electron chi connectivity index (χ1n) is 11.3. The van der Waals surface area contributed by atoms with Gasteiger partial charge in [-0.15, -0.1) is 0 Å². The Morgan fingerprint density at radius 1 is 1.24 bits per heavy atom. The first-order chi connectivity index (χ1) is 17.5. The summed E-state index contributed by atoms with van der Waals surface area (Å²) < 4.78 is 72.6. The molecule has 0 saturated heterocycles. The third-order valence-electron chi connectivity index (χ3n) is 6.20. The van der Waals surface area contributed by atoms with Gasteiger partial charge in [-0.1, -0.05) is 41.3 Å². The minimum absolute atomic E-state index is 0.0432. The molecule has 1 heterocycles. The highest BCUT2D eigenvalue weighted by atomic mass is 35.5. The minimum Gasteiger partial charge on any atom is -0.374 e. The van der Waals surface area contributed by atoms with Gasteiger partial charge in [0.15, 0.2) is 5.82 Å². The number of amides is 1. The van der Waals surface area contributed by atoms with Crippen molar-refractivity contribution in [3.8, 4) is 6.07 Å². The third kappa shape index (κ3) is 5.26. The monoisotopic (exact) mass is 591 g/mol. The van der Waals surface area contributed by atoms with Gasteiger partial charge in [-0.25, -0.2) is 8.60 Å². The first-order valence-corrected chi connectivity index (χ1v) is 13.7. The zero-order valence-corrected chi connectivity index (χ0v) is 23.1. The standard InChI is InChI=1S/C25H23Cl2F4N3O3S/c1-5-8-38(36,23(3,4)13-32)34-22(35)17-7-6-15(9-14(17)2)20-12-24(37-33-20,25(29,30)31)16-10-18(26)21(28)19(27)11-16/h6-7,9-11H,5,8,12H2,1-4H3. The summed E-state index contributed by atoms with van der Waals surface area (Å²) in [5.74, 6) is -1.82. The molecule has 2 aromatic carbocycles. The van der Waals surface area contributed by atoms with E-state index in [1.165, 1.54) is 39.0 Å². The summed E-state index contributed by atoms with van der Waals surface area (Å²) in [4.78, 5) is 17.9. The first kappa shape index (κ1) is 29.9. The molecule has 0 fully saturated rings. The fourth-order valence-corrected chi connectivity index (χ4v) is 6.26. The molecule has 6 nitrogen and oxygen atoms in total. The van der Waals surface area contributed by atoms with E-state index < -0.39 is 60.0 Å². The average Bonchev–Trinajstić information content (AvgIpc) is 3.29. The van der Waals surface area contributed by atoms with Crippen molar-refractivity contribution < 1.29 is 31.4 Å². The molecule has 13 heteroatoms. The number of alkyl halides is 3. The Labute approximate surface area is 227 Å². The van der Waals surface area contributed by atoms with Crippen molar-refractivity contribution in [1.29, 1.82) is 5.26 Å². The molecule has 2 unspecified atom stereocenters. The summed E-state index contributed by atoms with van der Waals surface area (Å²) in [6.45, 7) is 6.19. The van der Waals surface area contributed by atoms with Gasteiger partial charge >= 0.3 is 6.18 Å². The van der Waals surface area contributed by atoms with E-state index in [-0.39, 0.29) is 22.6 Å². The second-order valence-corrected chi connectivity index (χ2v) is 13.0. The molecule has 0 aromatic heterocycles. The molecule has 0 spiro atoms. The molecule has 2 aromatic rings. The fourth-order valence-electron chi connectivity index (χ4n) is 3.88. The number of rotatable bonds is 6. The third-order valence-corrected chi connectivity index (χ3v) is 9.86. The Morgan fingerprint density at radius 2 is 1.84 bits per heavy atom. The van der Waals surface area contributed by atoms with Crippen LogP contribution >= 0.6 is 23.2 Å². The number of carbonyl (C=O) groups is 1. The molecule has 0 aliphatic carbocycles. The van der Waals surface area contributed by atoms with E-state index in [2.05, 4.69) is 9.52 Å². The Morgan fingerprint density at radius 3 is 2.34 bits per heavy atom. The van der Waals surface area contributed by atoms with Crippen LogP contribution in [-0.4, -0.2) is 32.5 Å². The van der Waals surface area contributed by atoms with Crippen LogP contribution in [0.5, 0.6) is 0 Å². The number of nitriles is 1. The molecule has 3 rings (SSSR count). The van der Waals surface area contributed by atoms with Crippen LogP contribution in [0.1, 0.15) is 60.7 Å². The number of hydrogen-bond donors (Lipinski definition) is 0. The zero-order valence-electron chi connectivity index (χ0n) is 20.8. The maximum absolute atomic E-state index is 14.3. The molecule has 38 heavy (non-hydrogen) atoms. The van der Waals surface area contributed by atoms with Crippen LogP contribution < -0.4 is 0 Å². The summed E-state index contributed by atoms with van der Waals surface area (Å²) in [5.41, 5.74) is -2.92. The molecule has 2 atom stereocenters. The lowest BCUT2D eigenvalue weighted by atomic mass is 9.86. The van der Waals surface area contributed by atoms with Gasteiger partial charge in [-0.2, -0.15) is 22.8 Å². The second kappa shape index (κ2) is 10.5. The van der Waals surface area contributed by atoms with Crippen LogP contribution in [0.15, 0.2) is 39.9 Å². The molecule has 1 aliphatic rings. The maximum atomic E-state index is 14.3.